The lowest BCUT2D eigenvalue weighted by Crippen LogP contribution is -2.21. The van der Waals surface area contributed by atoms with Crippen LogP contribution in [0.3, 0.4) is 0 Å². The van der Waals surface area contributed by atoms with Crippen LogP contribution < -0.4 is 0 Å². The number of hydrogen-bond acceptors (Lipinski definition) is 1. The van der Waals surface area contributed by atoms with Crippen molar-refractivity contribution < 1.29 is 4.74 Å². The predicted molar refractivity (Wildman–Crippen MR) is 66.0 cm³/mol. The van der Waals surface area contributed by atoms with Crippen LogP contribution in [0.5, 0.6) is 0 Å². The fourth-order valence-corrected chi connectivity index (χ4v) is 2.63. The van der Waals surface area contributed by atoms with Gasteiger partial charge in [0, 0.05) is 6.61 Å². The van der Waals surface area contributed by atoms with Gasteiger partial charge in [-0.3, -0.25) is 0 Å². The molecule has 0 radical (unpaired) electrons. The molecule has 1 heteroatoms. The second kappa shape index (κ2) is 6.52. The Hall–Kier alpha value is -0.0400. The van der Waals surface area contributed by atoms with E-state index in [2.05, 4.69) is 27.7 Å². The molecule has 1 saturated carbocycles. The first kappa shape index (κ1) is 13.0. The molecule has 0 heterocycles. The van der Waals surface area contributed by atoms with Crippen LogP contribution in [-0.2, 0) is 4.74 Å². The maximum atomic E-state index is 5.70. The van der Waals surface area contributed by atoms with Gasteiger partial charge in [-0.05, 0) is 50.9 Å². The smallest absolute Gasteiger partial charge is 0.0519 e. The fraction of sp³-hybridized carbons (Fsp3) is 1.00. The zero-order valence-corrected chi connectivity index (χ0v) is 11.0. The Labute approximate surface area is 95.6 Å². The average molecular weight is 212 g/mol. The lowest BCUT2D eigenvalue weighted by Gasteiger charge is -2.29. The second-order valence-corrected chi connectivity index (χ2v) is 5.90. The Morgan fingerprint density at radius 3 is 1.93 bits per heavy atom. The molecule has 90 valence electrons. The van der Waals surface area contributed by atoms with Crippen molar-refractivity contribution in [3.05, 3.63) is 0 Å². The largest absolute Gasteiger partial charge is 0.379 e. The van der Waals surface area contributed by atoms with E-state index in [-0.39, 0.29) is 0 Å². The van der Waals surface area contributed by atoms with Crippen molar-refractivity contribution in [1.29, 1.82) is 0 Å². The summed E-state index contributed by atoms with van der Waals surface area (Å²) in [7, 11) is 0. The van der Waals surface area contributed by atoms with Gasteiger partial charge in [-0.15, -0.1) is 0 Å². The topological polar surface area (TPSA) is 9.23 Å². The molecule has 0 N–H and O–H groups in total. The Kier molecular flexibility index (Phi) is 5.66. The number of ether oxygens (including phenoxy) is 1. The number of rotatable bonds is 5. The minimum absolute atomic E-state index is 0.401. The van der Waals surface area contributed by atoms with Gasteiger partial charge < -0.3 is 4.74 Å². The molecular formula is C14H28O. The van der Waals surface area contributed by atoms with Crippen LogP contribution in [-0.4, -0.2) is 12.7 Å². The first-order chi connectivity index (χ1) is 7.08. The van der Waals surface area contributed by atoms with E-state index in [1.807, 2.05) is 0 Å². The van der Waals surface area contributed by atoms with Crippen LogP contribution in [0.15, 0.2) is 0 Å². The normalized spacial score (nSPS) is 27.6. The zero-order chi connectivity index (χ0) is 11.3. The van der Waals surface area contributed by atoms with Gasteiger partial charge in [0.15, 0.2) is 0 Å². The van der Waals surface area contributed by atoms with E-state index in [0.29, 0.717) is 6.10 Å². The molecule has 0 unspecified atom stereocenters. The first-order valence-electron chi connectivity index (χ1n) is 6.69. The summed E-state index contributed by atoms with van der Waals surface area (Å²) in [6, 6.07) is 0. The van der Waals surface area contributed by atoms with Gasteiger partial charge in [-0.1, -0.05) is 26.7 Å². The molecule has 15 heavy (non-hydrogen) atoms. The first-order valence-corrected chi connectivity index (χ1v) is 6.69. The Balaban J connectivity index is 2.12. The van der Waals surface area contributed by atoms with Gasteiger partial charge in [0.05, 0.1) is 6.10 Å². The van der Waals surface area contributed by atoms with Crippen molar-refractivity contribution in [3.63, 3.8) is 0 Å². The van der Waals surface area contributed by atoms with E-state index in [9.17, 15) is 0 Å². The van der Waals surface area contributed by atoms with Gasteiger partial charge in [0.2, 0.25) is 0 Å². The Morgan fingerprint density at radius 2 is 1.47 bits per heavy atom. The SMILES string of the molecule is CC(C)CC1CCC(COC(C)C)CC1. The zero-order valence-electron chi connectivity index (χ0n) is 11.0. The summed E-state index contributed by atoms with van der Waals surface area (Å²) >= 11 is 0. The maximum Gasteiger partial charge on any atom is 0.0519 e. The van der Waals surface area contributed by atoms with Gasteiger partial charge in [0.1, 0.15) is 0 Å². The Bertz CT molecular complexity index is 155. The van der Waals surface area contributed by atoms with Gasteiger partial charge >= 0.3 is 0 Å². The summed E-state index contributed by atoms with van der Waals surface area (Å²) in [5.41, 5.74) is 0. The number of hydrogen-bond donors (Lipinski definition) is 0. The van der Waals surface area contributed by atoms with Crippen molar-refractivity contribution in [2.45, 2.75) is 65.9 Å². The summed E-state index contributed by atoms with van der Waals surface area (Å²) in [4.78, 5) is 0. The minimum Gasteiger partial charge on any atom is -0.379 e. The summed E-state index contributed by atoms with van der Waals surface area (Å²) < 4.78 is 5.70. The quantitative estimate of drug-likeness (QED) is 0.661. The highest BCUT2D eigenvalue weighted by Crippen LogP contribution is 2.32. The van der Waals surface area contributed by atoms with Gasteiger partial charge in [-0.2, -0.15) is 0 Å². The highest BCUT2D eigenvalue weighted by molar-refractivity contribution is 4.73. The summed E-state index contributed by atoms with van der Waals surface area (Å²) in [6.07, 6.45) is 7.49. The summed E-state index contributed by atoms with van der Waals surface area (Å²) in [5, 5.41) is 0. The second-order valence-electron chi connectivity index (χ2n) is 5.90. The molecule has 0 amide bonds. The third-order valence-electron chi connectivity index (χ3n) is 3.44. The van der Waals surface area contributed by atoms with E-state index >= 15 is 0 Å². The van der Waals surface area contributed by atoms with Gasteiger partial charge in [0.25, 0.3) is 0 Å². The average Bonchev–Trinajstić information content (AvgIpc) is 2.16. The molecule has 1 aliphatic rings. The van der Waals surface area contributed by atoms with E-state index in [0.717, 1.165) is 24.4 Å². The van der Waals surface area contributed by atoms with Crippen LogP contribution in [0.25, 0.3) is 0 Å². The van der Waals surface area contributed by atoms with Crippen LogP contribution in [0, 0.1) is 17.8 Å². The minimum atomic E-state index is 0.401. The Morgan fingerprint density at radius 1 is 0.933 bits per heavy atom. The molecule has 0 atom stereocenters. The maximum absolute atomic E-state index is 5.70. The molecule has 0 aromatic heterocycles. The van der Waals surface area contributed by atoms with E-state index in [1.54, 1.807) is 0 Å². The van der Waals surface area contributed by atoms with E-state index < -0.39 is 0 Å². The third kappa shape index (κ3) is 5.55. The molecule has 1 fully saturated rings. The third-order valence-corrected chi connectivity index (χ3v) is 3.44. The van der Waals surface area contributed by atoms with Crippen molar-refractivity contribution >= 4 is 0 Å². The highest BCUT2D eigenvalue weighted by Gasteiger charge is 2.21. The molecule has 0 aromatic rings. The highest BCUT2D eigenvalue weighted by atomic mass is 16.5. The van der Waals surface area contributed by atoms with E-state index in [1.165, 1.54) is 32.1 Å². The molecule has 0 saturated heterocycles. The monoisotopic (exact) mass is 212 g/mol. The van der Waals surface area contributed by atoms with Crippen LogP contribution in [0.2, 0.25) is 0 Å². The molecule has 0 spiro atoms. The lowest BCUT2D eigenvalue weighted by atomic mass is 9.79. The summed E-state index contributed by atoms with van der Waals surface area (Å²) in [6.45, 7) is 9.93. The predicted octanol–water partition coefficient (Wildman–Crippen LogP) is 4.26. The van der Waals surface area contributed by atoms with Crippen molar-refractivity contribution in [2.75, 3.05) is 6.61 Å². The van der Waals surface area contributed by atoms with Crippen molar-refractivity contribution in [3.8, 4) is 0 Å². The van der Waals surface area contributed by atoms with Crippen molar-refractivity contribution in [2.24, 2.45) is 17.8 Å². The molecule has 1 aliphatic carbocycles. The summed E-state index contributed by atoms with van der Waals surface area (Å²) in [5.74, 6) is 2.72. The molecule has 1 nitrogen and oxygen atoms in total. The van der Waals surface area contributed by atoms with Crippen LogP contribution in [0.1, 0.15) is 59.8 Å². The molecular weight excluding hydrogens is 184 g/mol. The standard InChI is InChI=1S/C14H28O/c1-11(2)9-13-5-7-14(8-6-13)10-15-12(3)4/h11-14H,5-10H2,1-4H3. The molecule has 0 aromatic carbocycles. The lowest BCUT2D eigenvalue weighted by molar-refractivity contribution is 0.0355. The fourth-order valence-electron chi connectivity index (χ4n) is 2.63. The van der Waals surface area contributed by atoms with Crippen molar-refractivity contribution in [1.82, 2.24) is 0 Å². The van der Waals surface area contributed by atoms with E-state index in [4.69, 9.17) is 4.74 Å². The molecule has 0 aliphatic heterocycles. The van der Waals surface area contributed by atoms with Crippen LogP contribution in [0.4, 0.5) is 0 Å². The molecule has 1 rings (SSSR count). The van der Waals surface area contributed by atoms with Crippen LogP contribution >= 0.6 is 0 Å². The van der Waals surface area contributed by atoms with Gasteiger partial charge in [-0.25, -0.2) is 0 Å². The molecule has 0 bridgehead atoms.